The van der Waals surface area contributed by atoms with Crippen molar-refractivity contribution >= 4 is 0 Å². The number of halogens is 3. The fraction of sp³-hybridized carbons (Fsp3) is 0.625. The smallest absolute Gasteiger partial charge is 0.307 e. The first-order valence-corrected chi connectivity index (χ1v) is 7.22. The summed E-state index contributed by atoms with van der Waals surface area (Å²) in [5, 5.41) is 3.48. The molecule has 0 saturated carbocycles. The van der Waals surface area contributed by atoms with Crippen LogP contribution in [0.5, 0.6) is 0 Å². The van der Waals surface area contributed by atoms with E-state index in [2.05, 4.69) is 26.1 Å². The Morgan fingerprint density at radius 2 is 1.50 bits per heavy atom. The Morgan fingerprint density at radius 3 is 1.90 bits per heavy atom. The van der Waals surface area contributed by atoms with Gasteiger partial charge in [-0.3, -0.25) is 0 Å². The summed E-state index contributed by atoms with van der Waals surface area (Å²) in [5.41, 5.74) is 0.289. The van der Waals surface area contributed by atoms with E-state index in [0.717, 1.165) is 30.5 Å². The van der Waals surface area contributed by atoms with E-state index in [-0.39, 0.29) is 6.04 Å². The molecule has 0 aliphatic heterocycles. The first-order valence-electron chi connectivity index (χ1n) is 7.22. The van der Waals surface area contributed by atoms with Crippen molar-refractivity contribution in [1.82, 2.24) is 5.32 Å². The average Bonchev–Trinajstić information content (AvgIpc) is 2.39. The molecule has 1 aromatic carbocycles. The summed E-state index contributed by atoms with van der Waals surface area (Å²) in [6.07, 6.45) is -2.06. The van der Waals surface area contributed by atoms with Crippen molar-refractivity contribution < 1.29 is 13.2 Å². The van der Waals surface area contributed by atoms with Crippen molar-refractivity contribution in [2.24, 2.45) is 5.92 Å². The lowest BCUT2D eigenvalue weighted by molar-refractivity contribution is -0.137. The quantitative estimate of drug-likeness (QED) is 0.760. The van der Waals surface area contributed by atoms with Crippen molar-refractivity contribution in [3.63, 3.8) is 0 Å². The summed E-state index contributed by atoms with van der Waals surface area (Å²) in [4.78, 5) is 0. The van der Waals surface area contributed by atoms with E-state index < -0.39 is 11.7 Å². The van der Waals surface area contributed by atoms with Gasteiger partial charge < -0.3 is 5.32 Å². The van der Waals surface area contributed by atoms with Gasteiger partial charge in [-0.15, -0.1) is 0 Å². The molecule has 0 bridgehead atoms. The standard InChI is InChI=1S/C16H24F3N/c1-5-13(6-2)11(3)20-12(4)14-7-9-15(10-8-14)16(17,18)19/h7-13,20H,5-6H2,1-4H3. The highest BCUT2D eigenvalue weighted by molar-refractivity contribution is 5.26. The van der Waals surface area contributed by atoms with Crippen LogP contribution in [-0.2, 0) is 6.18 Å². The topological polar surface area (TPSA) is 12.0 Å². The van der Waals surface area contributed by atoms with E-state index in [1.807, 2.05) is 6.92 Å². The molecule has 0 spiro atoms. The fourth-order valence-corrected chi connectivity index (χ4v) is 2.58. The van der Waals surface area contributed by atoms with Crippen LogP contribution in [0.4, 0.5) is 13.2 Å². The molecule has 1 rings (SSSR count). The number of hydrogen-bond donors (Lipinski definition) is 1. The first-order chi connectivity index (χ1) is 9.29. The summed E-state index contributed by atoms with van der Waals surface area (Å²) in [6, 6.07) is 5.81. The van der Waals surface area contributed by atoms with Gasteiger partial charge in [-0.05, 0) is 37.5 Å². The molecule has 114 valence electrons. The number of alkyl halides is 3. The number of nitrogens with one attached hydrogen (secondary N) is 1. The second-order valence-electron chi connectivity index (χ2n) is 5.37. The highest BCUT2D eigenvalue weighted by Crippen LogP contribution is 2.30. The molecule has 0 heterocycles. The zero-order chi connectivity index (χ0) is 15.3. The maximum Gasteiger partial charge on any atom is 0.416 e. The Kier molecular flexibility index (Phi) is 6.06. The first kappa shape index (κ1) is 17.0. The van der Waals surface area contributed by atoms with Gasteiger partial charge in [-0.25, -0.2) is 0 Å². The Bertz CT molecular complexity index is 393. The molecule has 1 aromatic rings. The molecule has 2 atom stereocenters. The Hall–Kier alpha value is -1.03. The molecule has 0 aliphatic rings. The lowest BCUT2D eigenvalue weighted by atomic mass is 9.94. The van der Waals surface area contributed by atoms with Crippen molar-refractivity contribution in [1.29, 1.82) is 0 Å². The van der Waals surface area contributed by atoms with Crippen LogP contribution in [-0.4, -0.2) is 6.04 Å². The molecule has 0 saturated heterocycles. The average molecular weight is 287 g/mol. The van der Waals surface area contributed by atoms with Crippen molar-refractivity contribution in [2.45, 2.75) is 58.8 Å². The van der Waals surface area contributed by atoms with Gasteiger partial charge in [-0.2, -0.15) is 13.2 Å². The van der Waals surface area contributed by atoms with Crippen LogP contribution >= 0.6 is 0 Å². The van der Waals surface area contributed by atoms with Gasteiger partial charge in [0, 0.05) is 12.1 Å². The van der Waals surface area contributed by atoms with Crippen molar-refractivity contribution in [3.8, 4) is 0 Å². The molecule has 1 nitrogen and oxygen atoms in total. The molecule has 0 aromatic heterocycles. The Morgan fingerprint density at radius 1 is 1.00 bits per heavy atom. The van der Waals surface area contributed by atoms with Crippen molar-refractivity contribution in [2.75, 3.05) is 0 Å². The third kappa shape index (κ3) is 4.51. The van der Waals surface area contributed by atoms with Crippen LogP contribution in [0.3, 0.4) is 0 Å². The maximum absolute atomic E-state index is 12.5. The van der Waals surface area contributed by atoms with Gasteiger partial charge in [0.2, 0.25) is 0 Å². The highest BCUT2D eigenvalue weighted by atomic mass is 19.4. The molecule has 1 N–H and O–H groups in total. The summed E-state index contributed by atoms with van der Waals surface area (Å²) in [6.45, 7) is 8.45. The normalized spacial score (nSPS) is 15.4. The lowest BCUT2D eigenvalue weighted by Gasteiger charge is -2.26. The van der Waals surface area contributed by atoms with E-state index in [9.17, 15) is 13.2 Å². The monoisotopic (exact) mass is 287 g/mol. The lowest BCUT2D eigenvalue weighted by Crippen LogP contribution is -2.35. The van der Waals surface area contributed by atoms with Crippen LogP contribution in [0.2, 0.25) is 0 Å². The van der Waals surface area contributed by atoms with Crippen molar-refractivity contribution in [3.05, 3.63) is 35.4 Å². The van der Waals surface area contributed by atoms with E-state index in [1.54, 1.807) is 12.1 Å². The summed E-state index contributed by atoms with van der Waals surface area (Å²) < 4.78 is 37.5. The van der Waals surface area contributed by atoms with Gasteiger partial charge in [0.25, 0.3) is 0 Å². The second-order valence-corrected chi connectivity index (χ2v) is 5.37. The SMILES string of the molecule is CCC(CC)C(C)NC(C)c1ccc(C(F)(F)F)cc1. The maximum atomic E-state index is 12.5. The molecule has 0 radical (unpaired) electrons. The molecule has 20 heavy (non-hydrogen) atoms. The minimum Gasteiger partial charge on any atom is -0.307 e. The molecule has 0 aliphatic carbocycles. The highest BCUT2D eigenvalue weighted by Gasteiger charge is 2.30. The van der Waals surface area contributed by atoms with E-state index in [1.165, 1.54) is 0 Å². The molecular weight excluding hydrogens is 263 g/mol. The van der Waals surface area contributed by atoms with Gasteiger partial charge in [0.15, 0.2) is 0 Å². The largest absolute Gasteiger partial charge is 0.416 e. The van der Waals surface area contributed by atoms with Crippen LogP contribution < -0.4 is 5.32 Å². The third-order valence-corrected chi connectivity index (χ3v) is 4.01. The number of rotatable bonds is 6. The summed E-state index contributed by atoms with van der Waals surface area (Å²) in [7, 11) is 0. The number of benzene rings is 1. The van der Waals surface area contributed by atoms with E-state index in [4.69, 9.17) is 0 Å². The summed E-state index contributed by atoms with van der Waals surface area (Å²) in [5.74, 6) is 0.590. The minimum atomic E-state index is -4.27. The fourth-order valence-electron chi connectivity index (χ4n) is 2.58. The minimum absolute atomic E-state index is 0.0490. The Labute approximate surface area is 119 Å². The van der Waals surface area contributed by atoms with Crippen LogP contribution in [0.25, 0.3) is 0 Å². The van der Waals surface area contributed by atoms with Crippen LogP contribution in [0, 0.1) is 5.92 Å². The zero-order valence-electron chi connectivity index (χ0n) is 12.6. The third-order valence-electron chi connectivity index (χ3n) is 4.01. The molecule has 0 amide bonds. The molecule has 0 fully saturated rings. The van der Waals surface area contributed by atoms with E-state index >= 15 is 0 Å². The van der Waals surface area contributed by atoms with Gasteiger partial charge >= 0.3 is 6.18 Å². The van der Waals surface area contributed by atoms with Gasteiger partial charge in [0.05, 0.1) is 5.56 Å². The van der Waals surface area contributed by atoms with Crippen LogP contribution in [0.1, 0.15) is 57.7 Å². The molecule has 4 heteroatoms. The van der Waals surface area contributed by atoms with E-state index in [0.29, 0.717) is 12.0 Å². The predicted molar refractivity (Wildman–Crippen MR) is 76.5 cm³/mol. The second kappa shape index (κ2) is 7.11. The predicted octanol–water partition coefficient (Wildman–Crippen LogP) is 5.18. The number of hydrogen-bond acceptors (Lipinski definition) is 1. The van der Waals surface area contributed by atoms with Crippen LogP contribution in [0.15, 0.2) is 24.3 Å². The Balaban J connectivity index is 2.71. The van der Waals surface area contributed by atoms with Gasteiger partial charge in [-0.1, -0.05) is 38.8 Å². The molecular formula is C16H24F3N. The zero-order valence-corrected chi connectivity index (χ0v) is 12.6. The molecule has 2 unspecified atom stereocenters. The summed E-state index contributed by atoms with van der Waals surface area (Å²) >= 11 is 0. The van der Waals surface area contributed by atoms with Gasteiger partial charge in [0.1, 0.15) is 0 Å².